The molecule has 20 heavy (non-hydrogen) atoms. The van der Waals surface area contributed by atoms with E-state index in [2.05, 4.69) is 0 Å². The lowest BCUT2D eigenvalue weighted by molar-refractivity contribution is -0.137. The summed E-state index contributed by atoms with van der Waals surface area (Å²) in [5.74, 6) is -1.09. The van der Waals surface area contributed by atoms with Crippen LogP contribution in [0.2, 0.25) is 5.02 Å². The third kappa shape index (κ3) is 4.23. The molecular formula is C15H20ClNO3. The molecule has 0 unspecified atom stereocenters. The van der Waals surface area contributed by atoms with Crippen LogP contribution in [0.3, 0.4) is 0 Å². The van der Waals surface area contributed by atoms with Gasteiger partial charge in [0.15, 0.2) is 0 Å². The van der Waals surface area contributed by atoms with E-state index >= 15 is 0 Å². The maximum Gasteiger partial charge on any atom is 0.305 e. The second-order valence-corrected chi connectivity index (χ2v) is 6.17. The van der Waals surface area contributed by atoms with Crippen molar-refractivity contribution in [3.8, 4) is 0 Å². The molecule has 0 radical (unpaired) electrons. The molecule has 1 amide bonds. The molecule has 0 saturated carbocycles. The molecule has 0 aliphatic carbocycles. The van der Waals surface area contributed by atoms with Crippen molar-refractivity contribution in [2.45, 2.75) is 39.7 Å². The molecule has 4 nitrogen and oxygen atoms in total. The van der Waals surface area contributed by atoms with Gasteiger partial charge in [0, 0.05) is 22.7 Å². The zero-order valence-corrected chi connectivity index (χ0v) is 13.0. The van der Waals surface area contributed by atoms with E-state index in [0.717, 1.165) is 5.56 Å². The number of aryl methyl sites for hydroxylation is 1. The normalized spacial score (nSPS) is 11.2. The second kappa shape index (κ2) is 6.27. The van der Waals surface area contributed by atoms with Crippen molar-refractivity contribution in [2.24, 2.45) is 0 Å². The minimum Gasteiger partial charge on any atom is -0.481 e. The lowest BCUT2D eigenvalue weighted by Crippen LogP contribution is -2.46. The van der Waals surface area contributed by atoms with E-state index in [1.807, 2.05) is 27.7 Å². The standard InChI is InChI=1S/C15H20ClNO3/c1-10-9-11(16)5-6-12(10)14(20)17(15(2,3)4)8-7-13(18)19/h5-6,9H,7-8H2,1-4H3,(H,18,19). The van der Waals surface area contributed by atoms with Gasteiger partial charge in [-0.15, -0.1) is 0 Å². The highest BCUT2D eigenvalue weighted by atomic mass is 35.5. The van der Waals surface area contributed by atoms with Gasteiger partial charge in [-0.2, -0.15) is 0 Å². The number of hydrogen-bond acceptors (Lipinski definition) is 2. The molecular weight excluding hydrogens is 278 g/mol. The fraction of sp³-hybridized carbons (Fsp3) is 0.467. The van der Waals surface area contributed by atoms with Crippen molar-refractivity contribution in [2.75, 3.05) is 6.54 Å². The number of benzene rings is 1. The number of carboxylic acid groups (broad SMARTS) is 1. The first-order valence-electron chi connectivity index (χ1n) is 6.43. The molecule has 0 saturated heterocycles. The van der Waals surface area contributed by atoms with Crippen LogP contribution in [0.5, 0.6) is 0 Å². The van der Waals surface area contributed by atoms with Crippen LogP contribution in [-0.4, -0.2) is 34.0 Å². The molecule has 1 aromatic rings. The molecule has 0 aliphatic rings. The van der Waals surface area contributed by atoms with E-state index in [1.54, 1.807) is 23.1 Å². The lowest BCUT2D eigenvalue weighted by Gasteiger charge is -2.36. The zero-order chi connectivity index (χ0) is 15.5. The maximum absolute atomic E-state index is 12.6. The molecule has 110 valence electrons. The van der Waals surface area contributed by atoms with Gasteiger partial charge in [0.2, 0.25) is 0 Å². The number of amides is 1. The molecule has 0 heterocycles. The Morgan fingerprint density at radius 2 is 1.90 bits per heavy atom. The molecule has 0 aromatic heterocycles. The number of aliphatic carboxylic acids is 1. The van der Waals surface area contributed by atoms with Crippen molar-refractivity contribution >= 4 is 23.5 Å². The van der Waals surface area contributed by atoms with Gasteiger partial charge >= 0.3 is 5.97 Å². The minimum atomic E-state index is -0.917. The monoisotopic (exact) mass is 297 g/mol. The van der Waals surface area contributed by atoms with Gasteiger partial charge < -0.3 is 10.0 Å². The van der Waals surface area contributed by atoms with Crippen molar-refractivity contribution in [1.82, 2.24) is 4.90 Å². The number of nitrogens with zero attached hydrogens (tertiary/aromatic N) is 1. The summed E-state index contributed by atoms with van der Waals surface area (Å²) in [5.41, 5.74) is 0.889. The van der Waals surface area contributed by atoms with Gasteiger partial charge in [-0.05, 0) is 51.5 Å². The third-order valence-corrected chi connectivity index (χ3v) is 3.26. The second-order valence-electron chi connectivity index (χ2n) is 5.73. The largest absolute Gasteiger partial charge is 0.481 e. The summed E-state index contributed by atoms with van der Waals surface area (Å²) in [6.07, 6.45) is -0.0738. The van der Waals surface area contributed by atoms with Crippen LogP contribution >= 0.6 is 11.6 Å². The average molecular weight is 298 g/mol. The molecule has 1 N–H and O–H groups in total. The van der Waals surface area contributed by atoms with Crippen molar-refractivity contribution in [1.29, 1.82) is 0 Å². The smallest absolute Gasteiger partial charge is 0.305 e. The number of hydrogen-bond donors (Lipinski definition) is 1. The Hall–Kier alpha value is -1.55. The van der Waals surface area contributed by atoms with Crippen LogP contribution in [0.1, 0.15) is 43.1 Å². The van der Waals surface area contributed by atoms with Gasteiger partial charge in [0.1, 0.15) is 0 Å². The van der Waals surface area contributed by atoms with Crippen LogP contribution in [0.15, 0.2) is 18.2 Å². The summed E-state index contributed by atoms with van der Waals surface area (Å²) in [4.78, 5) is 25.0. The molecule has 0 spiro atoms. The Balaban J connectivity index is 3.07. The van der Waals surface area contributed by atoms with Crippen molar-refractivity contribution < 1.29 is 14.7 Å². The summed E-state index contributed by atoms with van der Waals surface area (Å²) in [7, 11) is 0. The Kier molecular flexibility index (Phi) is 5.17. The van der Waals surface area contributed by atoms with Crippen LogP contribution < -0.4 is 0 Å². The molecule has 1 aromatic carbocycles. The minimum absolute atomic E-state index is 0.0738. The van der Waals surface area contributed by atoms with Gasteiger partial charge in [-0.3, -0.25) is 9.59 Å². The molecule has 0 aliphatic heterocycles. The number of halogens is 1. The van der Waals surface area contributed by atoms with E-state index in [1.165, 1.54) is 0 Å². The number of rotatable bonds is 4. The Labute approximate surface area is 124 Å². The lowest BCUT2D eigenvalue weighted by atomic mass is 10.0. The Morgan fingerprint density at radius 3 is 2.35 bits per heavy atom. The molecule has 1 rings (SSSR count). The predicted molar refractivity (Wildman–Crippen MR) is 79.2 cm³/mol. The highest BCUT2D eigenvalue weighted by molar-refractivity contribution is 6.30. The SMILES string of the molecule is Cc1cc(Cl)ccc1C(=O)N(CCC(=O)O)C(C)(C)C. The zero-order valence-electron chi connectivity index (χ0n) is 12.2. The first kappa shape index (κ1) is 16.5. The van der Waals surface area contributed by atoms with Crippen LogP contribution in [0.25, 0.3) is 0 Å². The van der Waals surface area contributed by atoms with Gasteiger partial charge in [-0.25, -0.2) is 0 Å². The van der Waals surface area contributed by atoms with Crippen molar-refractivity contribution in [3.05, 3.63) is 34.3 Å². The van der Waals surface area contributed by atoms with E-state index in [9.17, 15) is 9.59 Å². The molecule has 0 bridgehead atoms. The fourth-order valence-corrected chi connectivity index (χ4v) is 2.19. The van der Waals surface area contributed by atoms with Crippen LogP contribution in [0.4, 0.5) is 0 Å². The fourth-order valence-electron chi connectivity index (χ4n) is 1.96. The Bertz CT molecular complexity index is 520. The van der Waals surface area contributed by atoms with Gasteiger partial charge in [-0.1, -0.05) is 11.6 Å². The average Bonchev–Trinajstić information content (AvgIpc) is 2.26. The summed E-state index contributed by atoms with van der Waals surface area (Å²) < 4.78 is 0. The van der Waals surface area contributed by atoms with E-state index in [-0.39, 0.29) is 18.9 Å². The summed E-state index contributed by atoms with van der Waals surface area (Å²) >= 11 is 5.89. The molecule has 0 fully saturated rings. The highest BCUT2D eigenvalue weighted by Gasteiger charge is 2.28. The first-order valence-corrected chi connectivity index (χ1v) is 6.80. The van der Waals surface area contributed by atoms with Crippen LogP contribution in [0, 0.1) is 6.92 Å². The van der Waals surface area contributed by atoms with E-state index in [4.69, 9.17) is 16.7 Å². The van der Waals surface area contributed by atoms with Gasteiger partial charge in [0.25, 0.3) is 5.91 Å². The number of carbonyl (C=O) groups excluding carboxylic acids is 1. The van der Waals surface area contributed by atoms with Crippen molar-refractivity contribution in [3.63, 3.8) is 0 Å². The Morgan fingerprint density at radius 1 is 1.30 bits per heavy atom. The van der Waals surface area contributed by atoms with Crippen LogP contribution in [-0.2, 0) is 4.79 Å². The third-order valence-electron chi connectivity index (χ3n) is 3.02. The quantitative estimate of drug-likeness (QED) is 0.927. The molecule has 0 atom stereocenters. The van der Waals surface area contributed by atoms with E-state index in [0.29, 0.717) is 10.6 Å². The number of carboxylic acids is 1. The summed E-state index contributed by atoms with van der Waals surface area (Å²) in [6, 6.07) is 5.08. The van der Waals surface area contributed by atoms with E-state index < -0.39 is 11.5 Å². The van der Waals surface area contributed by atoms with Gasteiger partial charge in [0.05, 0.1) is 6.42 Å². The topological polar surface area (TPSA) is 57.6 Å². The first-order chi connectivity index (χ1) is 9.12. The number of carbonyl (C=O) groups is 2. The predicted octanol–water partition coefficient (Wildman–Crippen LogP) is 3.36. The molecule has 5 heteroatoms. The maximum atomic E-state index is 12.6. The highest BCUT2D eigenvalue weighted by Crippen LogP contribution is 2.22. The summed E-state index contributed by atoms with van der Waals surface area (Å²) in [6.45, 7) is 7.66. The summed E-state index contributed by atoms with van der Waals surface area (Å²) in [5, 5.41) is 9.39.